The third kappa shape index (κ3) is 1.89. The molecular weight excluding hydrogens is 334 g/mol. The van der Waals surface area contributed by atoms with Gasteiger partial charge in [-0.3, -0.25) is 14.4 Å². The maximum absolute atomic E-state index is 13.2. The van der Waals surface area contributed by atoms with Crippen LogP contribution in [0.2, 0.25) is 0 Å². The second-order valence-electron chi connectivity index (χ2n) is 9.88. The highest BCUT2D eigenvalue weighted by Crippen LogP contribution is 2.60. The quantitative estimate of drug-likeness (QED) is 0.611. The highest BCUT2D eigenvalue weighted by Gasteiger charge is 2.69. The van der Waals surface area contributed by atoms with E-state index in [1.54, 1.807) is 0 Å². The molecule has 3 saturated heterocycles. The molecule has 7 aliphatic rings. The molecule has 4 saturated carbocycles. The number of rotatable bonds is 3. The third-order valence-corrected chi connectivity index (χ3v) is 8.36. The summed E-state index contributed by atoms with van der Waals surface area (Å²) in [6, 6.07) is 0. The molecule has 140 valence electrons. The van der Waals surface area contributed by atoms with E-state index in [2.05, 4.69) is 5.32 Å². The van der Waals surface area contributed by atoms with Crippen LogP contribution in [0.5, 0.6) is 0 Å². The van der Waals surface area contributed by atoms with Gasteiger partial charge in [-0.2, -0.15) is 0 Å². The van der Waals surface area contributed by atoms with Gasteiger partial charge in [-0.05, 0) is 69.1 Å². The first-order chi connectivity index (χ1) is 12.5. The van der Waals surface area contributed by atoms with Crippen molar-refractivity contribution in [3.63, 3.8) is 0 Å². The second kappa shape index (κ2) is 4.89. The molecule has 0 radical (unpaired) electrons. The molecule has 6 bridgehead atoms. The van der Waals surface area contributed by atoms with Gasteiger partial charge in [-0.15, -0.1) is 0 Å². The number of carbonyl (C=O) groups excluding carboxylic acids is 3. The highest BCUT2D eigenvalue weighted by molar-refractivity contribution is 5.98. The Morgan fingerprint density at radius 2 is 1.69 bits per heavy atom. The Hall–Kier alpha value is -1.43. The molecule has 6 nitrogen and oxygen atoms in total. The summed E-state index contributed by atoms with van der Waals surface area (Å²) in [5.41, 5.74) is -0.941. The topological polar surface area (TPSA) is 81.7 Å². The number of hydrogen-bond donors (Lipinski definition) is 1. The Kier molecular flexibility index (Phi) is 2.93. The van der Waals surface area contributed by atoms with Crippen LogP contribution in [-0.4, -0.2) is 36.1 Å². The van der Waals surface area contributed by atoms with Gasteiger partial charge in [0.1, 0.15) is 11.5 Å². The molecule has 4 unspecified atom stereocenters. The zero-order valence-corrected chi connectivity index (χ0v) is 14.9. The van der Waals surface area contributed by atoms with Gasteiger partial charge in [0.25, 0.3) is 0 Å². The van der Waals surface area contributed by atoms with Crippen LogP contribution in [-0.2, 0) is 23.9 Å². The van der Waals surface area contributed by atoms with Crippen molar-refractivity contribution >= 4 is 17.8 Å². The lowest BCUT2D eigenvalue weighted by molar-refractivity contribution is -0.160. The van der Waals surface area contributed by atoms with Crippen LogP contribution >= 0.6 is 0 Å². The van der Waals surface area contributed by atoms with Crippen LogP contribution in [0.1, 0.15) is 51.4 Å². The van der Waals surface area contributed by atoms with Crippen molar-refractivity contribution < 1.29 is 23.9 Å². The lowest BCUT2D eigenvalue weighted by Crippen LogP contribution is -2.56. The van der Waals surface area contributed by atoms with Crippen LogP contribution in [0.15, 0.2) is 0 Å². The largest absolute Gasteiger partial charge is 0.393 e. The van der Waals surface area contributed by atoms with E-state index in [1.807, 2.05) is 0 Å². The number of ether oxygens (including phenoxy) is 2. The first-order valence-corrected chi connectivity index (χ1v) is 10.2. The summed E-state index contributed by atoms with van der Waals surface area (Å²) < 4.78 is 11.0. The van der Waals surface area contributed by atoms with E-state index in [1.165, 1.54) is 19.3 Å². The summed E-state index contributed by atoms with van der Waals surface area (Å²) in [6.07, 6.45) is 8.22. The molecule has 4 aliphatic carbocycles. The van der Waals surface area contributed by atoms with Crippen molar-refractivity contribution in [2.45, 2.75) is 63.1 Å². The monoisotopic (exact) mass is 359 g/mol. The minimum absolute atomic E-state index is 0.152. The van der Waals surface area contributed by atoms with E-state index in [9.17, 15) is 14.4 Å². The average Bonchev–Trinajstić information content (AvgIpc) is 3.23. The van der Waals surface area contributed by atoms with Gasteiger partial charge in [0.2, 0.25) is 5.91 Å². The molecule has 7 fully saturated rings. The minimum atomic E-state index is -0.740. The SMILES string of the molecule is O=C1OC(=O)C2C1C1CCC2(CNC(=O)C23CC4CC(CC(C4)C2)C3)O1. The molecule has 3 aliphatic heterocycles. The molecule has 0 spiro atoms. The zero-order valence-electron chi connectivity index (χ0n) is 14.9. The van der Waals surface area contributed by atoms with Gasteiger partial charge in [0.05, 0.1) is 12.0 Å². The van der Waals surface area contributed by atoms with Crippen molar-refractivity contribution in [1.82, 2.24) is 5.32 Å². The highest BCUT2D eigenvalue weighted by atomic mass is 16.6. The summed E-state index contributed by atoms with van der Waals surface area (Å²) in [4.78, 5) is 37.4. The Morgan fingerprint density at radius 3 is 2.35 bits per heavy atom. The summed E-state index contributed by atoms with van der Waals surface area (Å²) in [5.74, 6) is 0.393. The van der Waals surface area contributed by atoms with Crippen LogP contribution in [0.25, 0.3) is 0 Å². The lowest BCUT2D eigenvalue weighted by atomic mass is 9.49. The van der Waals surface area contributed by atoms with Crippen molar-refractivity contribution in [3.8, 4) is 0 Å². The number of hydrogen-bond acceptors (Lipinski definition) is 5. The van der Waals surface area contributed by atoms with E-state index in [4.69, 9.17) is 9.47 Å². The van der Waals surface area contributed by atoms with Gasteiger partial charge in [-0.25, -0.2) is 0 Å². The van der Waals surface area contributed by atoms with Crippen molar-refractivity contribution in [2.75, 3.05) is 6.54 Å². The van der Waals surface area contributed by atoms with Gasteiger partial charge in [-0.1, -0.05) is 0 Å². The van der Waals surface area contributed by atoms with E-state index in [-0.39, 0.29) is 17.4 Å². The van der Waals surface area contributed by atoms with Gasteiger partial charge in [0, 0.05) is 12.0 Å². The van der Waals surface area contributed by atoms with Crippen molar-refractivity contribution in [2.24, 2.45) is 35.0 Å². The summed E-state index contributed by atoms with van der Waals surface area (Å²) in [6.45, 7) is 0.327. The molecule has 1 N–H and O–H groups in total. The predicted molar refractivity (Wildman–Crippen MR) is 88.5 cm³/mol. The normalized spacial score (nSPS) is 53.1. The summed E-state index contributed by atoms with van der Waals surface area (Å²) in [7, 11) is 0. The molecule has 3 heterocycles. The Labute approximate surface area is 152 Å². The van der Waals surface area contributed by atoms with Gasteiger partial charge >= 0.3 is 11.9 Å². The number of amides is 1. The molecule has 0 aromatic carbocycles. The maximum atomic E-state index is 13.2. The smallest absolute Gasteiger partial charge is 0.320 e. The summed E-state index contributed by atoms with van der Waals surface area (Å²) in [5, 5.41) is 3.17. The number of carbonyl (C=O) groups is 3. The molecule has 26 heavy (non-hydrogen) atoms. The zero-order chi connectivity index (χ0) is 17.7. The fourth-order valence-electron chi connectivity index (χ4n) is 7.76. The van der Waals surface area contributed by atoms with E-state index >= 15 is 0 Å². The fraction of sp³-hybridized carbons (Fsp3) is 0.850. The van der Waals surface area contributed by atoms with Gasteiger partial charge < -0.3 is 14.8 Å². The van der Waals surface area contributed by atoms with E-state index in [0.717, 1.165) is 43.4 Å². The number of cyclic esters (lactones) is 2. The Bertz CT molecular complexity index is 682. The molecule has 0 aromatic rings. The number of fused-ring (bicyclic) bond motifs is 5. The average molecular weight is 359 g/mol. The minimum Gasteiger partial charge on any atom is -0.393 e. The molecular formula is C20H25NO5. The van der Waals surface area contributed by atoms with Crippen molar-refractivity contribution in [1.29, 1.82) is 0 Å². The van der Waals surface area contributed by atoms with Gasteiger partial charge in [0.15, 0.2) is 0 Å². The molecule has 6 heteroatoms. The fourth-order valence-corrected chi connectivity index (χ4v) is 7.76. The van der Waals surface area contributed by atoms with Crippen LogP contribution in [0.3, 0.4) is 0 Å². The number of esters is 2. The maximum Gasteiger partial charge on any atom is 0.320 e. The molecule has 0 aromatic heterocycles. The van der Waals surface area contributed by atoms with Crippen LogP contribution in [0, 0.1) is 35.0 Å². The Balaban J connectivity index is 1.21. The first-order valence-electron chi connectivity index (χ1n) is 10.2. The van der Waals surface area contributed by atoms with Crippen molar-refractivity contribution in [3.05, 3.63) is 0 Å². The lowest BCUT2D eigenvalue weighted by Gasteiger charge is -2.55. The van der Waals surface area contributed by atoms with Crippen LogP contribution < -0.4 is 5.32 Å². The summed E-state index contributed by atoms with van der Waals surface area (Å²) >= 11 is 0. The van der Waals surface area contributed by atoms with Crippen LogP contribution in [0.4, 0.5) is 0 Å². The molecule has 1 amide bonds. The van der Waals surface area contributed by atoms with E-state index < -0.39 is 29.4 Å². The number of nitrogens with one attached hydrogen (secondary N) is 1. The standard InChI is InChI=1S/C20H25NO5/c22-16-14-13-1-2-20(26-13,15(14)17(23)25-16)9-21-18(24)19-6-10-3-11(7-19)5-12(4-10)8-19/h10-15H,1-9H2,(H,21,24). The molecule has 4 atom stereocenters. The first kappa shape index (κ1) is 15.6. The Morgan fingerprint density at radius 1 is 1.04 bits per heavy atom. The third-order valence-electron chi connectivity index (χ3n) is 8.36. The second-order valence-corrected chi connectivity index (χ2v) is 9.88. The predicted octanol–water partition coefficient (Wildman–Crippen LogP) is 1.57. The van der Waals surface area contributed by atoms with E-state index in [0.29, 0.717) is 13.0 Å². The molecule has 7 rings (SSSR count).